The topological polar surface area (TPSA) is 116 Å². The first-order chi connectivity index (χ1) is 18.1. The Bertz CT molecular complexity index is 1640. The number of aromatic nitrogens is 8. The monoisotopic (exact) mass is 498 g/mol. The number of fused-ring (bicyclic) bond motifs is 1. The molecule has 1 N–H and O–H groups in total. The molecule has 37 heavy (non-hydrogen) atoms. The van der Waals surface area contributed by atoms with Crippen molar-refractivity contribution in [2.45, 2.75) is 59.7 Å². The molecular formula is C27H30N8O2. The van der Waals surface area contributed by atoms with Crippen LogP contribution in [0.5, 0.6) is 0 Å². The van der Waals surface area contributed by atoms with Crippen molar-refractivity contribution in [2.24, 2.45) is 0 Å². The van der Waals surface area contributed by atoms with Gasteiger partial charge in [-0.05, 0) is 46.9 Å². The van der Waals surface area contributed by atoms with Gasteiger partial charge in [0.2, 0.25) is 0 Å². The van der Waals surface area contributed by atoms with Crippen LogP contribution in [0.15, 0.2) is 58.1 Å². The summed E-state index contributed by atoms with van der Waals surface area (Å²) >= 11 is 0. The Morgan fingerprint density at radius 2 is 1.62 bits per heavy atom. The average molecular weight is 499 g/mol. The van der Waals surface area contributed by atoms with E-state index in [1.807, 2.05) is 42.7 Å². The van der Waals surface area contributed by atoms with Crippen molar-refractivity contribution in [2.75, 3.05) is 0 Å². The maximum absolute atomic E-state index is 13.5. The van der Waals surface area contributed by atoms with Gasteiger partial charge in [-0.25, -0.2) is 14.9 Å². The molecule has 0 saturated heterocycles. The van der Waals surface area contributed by atoms with Crippen LogP contribution < -0.4 is 11.2 Å². The Morgan fingerprint density at radius 3 is 2.27 bits per heavy atom. The van der Waals surface area contributed by atoms with Crippen LogP contribution in [0.3, 0.4) is 0 Å². The summed E-state index contributed by atoms with van der Waals surface area (Å²) in [4.78, 5) is 31.3. The molecular weight excluding hydrogens is 468 g/mol. The lowest BCUT2D eigenvalue weighted by Gasteiger charge is -2.12. The lowest BCUT2D eigenvalue weighted by atomic mass is 9.98. The van der Waals surface area contributed by atoms with Gasteiger partial charge < -0.3 is 4.57 Å². The summed E-state index contributed by atoms with van der Waals surface area (Å²) in [5.41, 5.74) is 4.40. The molecule has 0 aliphatic carbocycles. The Hall–Kier alpha value is -4.34. The minimum atomic E-state index is -0.292. The zero-order chi connectivity index (χ0) is 25.9. The van der Waals surface area contributed by atoms with Gasteiger partial charge in [-0.3, -0.25) is 13.9 Å². The van der Waals surface area contributed by atoms with Crippen molar-refractivity contribution >= 4 is 11.2 Å². The number of tetrazole rings is 1. The smallest absolute Gasteiger partial charge is 0.318 e. The summed E-state index contributed by atoms with van der Waals surface area (Å²) in [6.07, 6.45) is 2.30. The molecule has 5 rings (SSSR count). The number of aryl methyl sites for hydroxylation is 2. The Kier molecular flexibility index (Phi) is 6.80. The first kappa shape index (κ1) is 24.4. The van der Waals surface area contributed by atoms with Gasteiger partial charge in [0.05, 0.1) is 0 Å². The minimum absolute atomic E-state index is 0.271. The molecule has 0 bridgehead atoms. The van der Waals surface area contributed by atoms with Gasteiger partial charge in [-0.15, -0.1) is 5.10 Å². The highest BCUT2D eigenvalue weighted by Crippen LogP contribution is 2.30. The fraction of sp³-hybridized carbons (Fsp3) is 0.333. The molecule has 0 saturated carbocycles. The van der Waals surface area contributed by atoms with E-state index in [0.29, 0.717) is 43.0 Å². The SMILES string of the molecule is CCCc1nc2c(c(=O)n(CCC)c(=O)n2CC)n1Cc1ccc(-c2ccccc2-c2nnn[nH]2)cc1. The van der Waals surface area contributed by atoms with Crippen LogP contribution in [-0.4, -0.2) is 39.3 Å². The van der Waals surface area contributed by atoms with Gasteiger partial charge in [-0.1, -0.05) is 62.4 Å². The van der Waals surface area contributed by atoms with Crippen molar-refractivity contribution in [1.29, 1.82) is 0 Å². The van der Waals surface area contributed by atoms with Crippen LogP contribution in [0.4, 0.5) is 0 Å². The number of imidazole rings is 1. The van der Waals surface area contributed by atoms with E-state index in [1.54, 1.807) is 4.57 Å². The highest BCUT2D eigenvalue weighted by Gasteiger charge is 2.21. The zero-order valence-corrected chi connectivity index (χ0v) is 21.3. The molecule has 2 aromatic carbocycles. The second-order valence-corrected chi connectivity index (χ2v) is 9.01. The van der Waals surface area contributed by atoms with E-state index in [2.05, 4.69) is 51.8 Å². The molecule has 0 unspecified atom stereocenters. The van der Waals surface area contributed by atoms with Crippen molar-refractivity contribution in [3.8, 4) is 22.5 Å². The maximum atomic E-state index is 13.5. The number of aromatic amines is 1. The highest BCUT2D eigenvalue weighted by molar-refractivity contribution is 5.80. The first-order valence-electron chi connectivity index (χ1n) is 12.7. The van der Waals surface area contributed by atoms with Gasteiger partial charge in [0.25, 0.3) is 5.56 Å². The van der Waals surface area contributed by atoms with Crippen LogP contribution in [-0.2, 0) is 26.1 Å². The van der Waals surface area contributed by atoms with Gasteiger partial charge >= 0.3 is 5.69 Å². The van der Waals surface area contributed by atoms with Gasteiger partial charge in [-0.2, -0.15) is 0 Å². The van der Waals surface area contributed by atoms with Gasteiger partial charge in [0.15, 0.2) is 17.0 Å². The number of hydrogen-bond acceptors (Lipinski definition) is 6. The number of rotatable bonds is 9. The molecule has 5 aromatic rings. The third-order valence-electron chi connectivity index (χ3n) is 6.56. The van der Waals surface area contributed by atoms with Crippen molar-refractivity contribution in [3.05, 3.63) is 80.8 Å². The third kappa shape index (κ3) is 4.39. The fourth-order valence-electron chi connectivity index (χ4n) is 4.81. The molecule has 190 valence electrons. The second-order valence-electron chi connectivity index (χ2n) is 9.01. The van der Waals surface area contributed by atoms with Crippen molar-refractivity contribution < 1.29 is 0 Å². The summed E-state index contributed by atoms with van der Waals surface area (Å²) in [5.74, 6) is 1.43. The number of nitrogens with zero attached hydrogens (tertiary/aromatic N) is 7. The lowest BCUT2D eigenvalue weighted by Crippen LogP contribution is -2.40. The summed E-state index contributed by atoms with van der Waals surface area (Å²) in [5, 5.41) is 14.3. The predicted molar refractivity (Wildman–Crippen MR) is 142 cm³/mol. The Morgan fingerprint density at radius 1 is 0.865 bits per heavy atom. The van der Waals surface area contributed by atoms with Crippen LogP contribution >= 0.6 is 0 Å². The summed E-state index contributed by atoms with van der Waals surface area (Å²) in [6, 6.07) is 16.2. The highest BCUT2D eigenvalue weighted by atomic mass is 16.2. The second kappa shape index (κ2) is 10.3. The molecule has 0 spiro atoms. The minimum Gasteiger partial charge on any atom is -0.318 e. The molecule has 0 atom stereocenters. The van der Waals surface area contributed by atoms with E-state index in [0.717, 1.165) is 40.9 Å². The van der Waals surface area contributed by atoms with Crippen LogP contribution in [0, 0.1) is 0 Å². The summed E-state index contributed by atoms with van der Waals surface area (Å²) < 4.78 is 4.95. The zero-order valence-electron chi connectivity index (χ0n) is 21.3. The summed E-state index contributed by atoms with van der Waals surface area (Å²) in [6.45, 7) is 7.29. The van der Waals surface area contributed by atoms with Crippen LogP contribution in [0.25, 0.3) is 33.7 Å². The molecule has 3 heterocycles. The first-order valence-corrected chi connectivity index (χ1v) is 12.7. The van der Waals surface area contributed by atoms with E-state index >= 15 is 0 Å². The van der Waals surface area contributed by atoms with Crippen molar-refractivity contribution in [3.63, 3.8) is 0 Å². The number of nitrogens with one attached hydrogen (secondary N) is 1. The maximum Gasteiger partial charge on any atom is 0.332 e. The number of H-pyrrole nitrogens is 1. The Labute approximate surface area is 213 Å². The molecule has 0 amide bonds. The van der Waals surface area contributed by atoms with Gasteiger partial charge in [0.1, 0.15) is 5.82 Å². The molecule has 3 aromatic heterocycles. The normalized spacial score (nSPS) is 11.4. The van der Waals surface area contributed by atoms with Gasteiger partial charge in [0, 0.05) is 31.6 Å². The molecule has 10 heteroatoms. The molecule has 0 radical (unpaired) electrons. The summed E-state index contributed by atoms with van der Waals surface area (Å²) in [7, 11) is 0. The number of hydrogen-bond donors (Lipinski definition) is 1. The van der Waals surface area contributed by atoms with Crippen molar-refractivity contribution in [1.82, 2.24) is 39.3 Å². The average Bonchev–Trinajstić information content (AvgIpc) is 3.57. The van der Waals surface area contributed by atoms with Crippen LogP contribution in [0.2, 0.25) is 0 Å². The third-order valence-corrected chi connectivity index (χ3v) is 6.56. The Balaban J connectivity index is 1.58. The van der Waals surface area contributed by atoms with E-state index < -0.39 is 0 Å². The largest absolute Gasteiger partial charge is 0.332 e. The molecule has 0 aliphatic heterocycles. The standard InChI is InChI=1S/C27H30N8O2/c1-4-9-22-28-25-23(26(36)34(16-5-2)27(37)33(25)6-3)35(22)17-18-12-14-19(15-13-18)20-10-7-8-11-21(20)24-29-31-32-30-24/h7-8,10-15H,4-6,9,16-17H2,1-3H3,(H,29,30,31,32). The molecule has 0 aliphatic rings. The quantitative estimate of drug-likeness (QED) is 0.332. The van der Waals surface area contributed by atoms with E-state index in [9.17, 15) is 9.59 Å². The van der Waals surface area contributed by atoms with E-state index in [-0.39, 0.29) is 11.2 Å². The van der Waals surface area contributed by atoms with Crippen LogP contribution in [0.1, 0.15) is 45.0 Å². The molecule has 10 nitrogen and oxygen atoms in total. The van der Waals surface area contributed by atoms with E-state index in [1.165, 1.54) is 4.57 Å². The fourth-order valence-corrected chi connectivity index (χ4v) is 4.81. The predicted octanol–water partition coefficient (Wildman–Crippen LogP) is 3.64. The number of benzene rings is 2. The lowest BCUT2D eigenvalue weighted by molar-refractivity contribution is 0.570. The molecule has 0 fully saturated rings. The van der Waals surface area contributed by atoms with E-state index in [4.69, 9.17) is 4.98 Å².